The number of nitrogens with zero attached hydrogens (tertiary/aromatic N) is 4. The molecule has 0 aliphatic carbocycles. The van der Waals surface area contributed by atoms with Gasteiger partial charge in [0.25, 0.3) is 5.56 Å². The minimum Gasteiger partial charge on any atom is -0.326 e. The summed E-state index contributed by atoms with van der Waals surface area (Å²) in [5, 5.41) is 7.62. The van der Waals surface area contributed by atoms with Crippen LogP contribution in [-0.2, 0) is 11.3 Å². The van der Waals surface area contributed by atoms with Crippen LogP contribution in [0, 0.1) is 13.8 Å². The number of anilines is 1. The zero-order chi connectivity index (χ0) is 21.3. The monoisotopic (exact) mass is 465 g/mol. The van der Waals surface area contributed by atoms with E-state index >= 15 is 0 Å². The lowest BCUT2D eigenvalue weighted by molar-refractivity contribution is -0.116. The number of fused-ring (bicyclic) bond motifs is 1. The first-order valence-corrected chi connectivity index (χ1v) is 10.3. The molecule has 7 nitrogen and oxygen atoms in total. The van der Waals surface area contributed by atoms with Crippen molar-refractivity contribution in [1.82, 2.24) is 19.3 Å². The van der Waals surface area contributed by atoms with Gasteiger partial charge in [-0.1, -0.05) is 33.6 Å². The van der Waals surface area contributed by atoms with Gasteiger partial charge in [-0.2, -0.15) is 5.10 Å². The third-order valence-electron chi connectivity index (χ3n) is 4.88. The molecule has 4 aromatic rings. The van der Waals surface area contributed by atoms with E-state index in [1.807, 2.05) is 56.3 Å². The zero-order valence-electron chi connectivity index (χ0n) is 16.6. The summed E-state index contributed by atoms with van der Waals surface area (Å²) < 4.78 is 4.04. The number of nitrogens with one attached hydrogen (secondary N) is 1. The predicted molar refractivity (Wildman–Crippen MR) is 120 cm³/mol. The maximum atomic E-state index is 12.8. The van der Waals surface area contributed by atoms with Crippen molar-refractivity contribution in [1.29, 1.82) is 0 Å². The van der Waals surface area contributed by atoms with Gasteiger partial charge in [0.05, 0.1) is 18.2 Å². The maximum absolute atomic E-state index is 12.8. The molecule has 0 saturated carbocycles. The van der Waals surface area contributed by atoms with Crippen molar-refractivity contribution in [3.05, 3.63) is 80.9 Å². The van der Waals surface area contributed by atoms with Gasteiger partial charge in [-0.15, -0.1) is 0 Å². The summed E-state index contributed by atoms with van der Waals surface area (Å²) >= 11 is 3.41. The maximum Gasteiger partial charge on any atom is 0.264 e. The largest absolute Gasteiger partial charge is 0.326 e. The van der Waals surface area contributed by atoms with E-state index in [9.17, 15) is 9.59 Å². The van der Waals surface area contributed by atoms with Crippen LogP contribution in [0.25, 0.3) is 16.7 Å². The standard InChI is InChI=1S/C22H20BrN5O2/c1-14-3-6-17(7-4-14)28-21-18(12-25-28)22(30)27(13-24-21)10-9-20(29)26-19-8-5-16(23)11-15(19)2/h3-8,11-13H,9-10H2,1-2H3,(H,26,29). The molecule has 4 rings (SSSR count). The van der Waals surface area contributed by atoms with Crippen molar-refractivity contribution in [2.75, 3.05) is 5.32 Å². The highest BCUT2D eigenvalue weighted by atomic mass is 79.9. The van der Waals surface area contributed by atoms with Crippen molar-refractivity contribution in [3.63, 3.8) is 0 Å². The van der Waals surface area contributed by atoms with Gasteiger partial charge in [0.15, 0.2) is 5.65 Å². The summed E-state index contributed by atoms with van der Waals surface area (Å²) in [6, 6.07) is 13.5. The molecular weight excluding hydrogens is 446 g/mol. The predicted octanol–water partition coefficient (Wildman–Crippen LogP) is 3.99. The van der Waals surface area contributed by atoms with Gasteiger partial charge in [-0.05, 0) is 49.7 Å². The second-order valence-corrected chi connectivity index (χ2v) is 8.05. The minimum atomic E-state index is -0.217. The normalized spacial score (nSPS) is 11.0. The molecule has 0 atom stereocenters. The Morgan fingerprint density at radius 3 is 2.63 bits per heavy atom. The van der Waals surface area contributed by atoms with Crippen molar-refractivity contribution in [2.45, 2.75) is 26.8 Å². The van der Waals surface area contributed by atoms with Crippen LogP contribution < -0.4 is 10.9 Å². The molecule has 0 aliphatic heterocycles. The molecule has 1 amide bonds. The van der Waals surface area contributed by atoms with Crippen molar-refractivity contribution >= 4 is 38.6 Å². The molecule has 30 heavy (non-hydrogen) atoms. The van der Waals surface area contributed by atoms with E-state index in [4.69, 9.17) is 0 Å². The lowest BCUT2D eigenvalue weighted by atomic mass is 10.2. The number of carbonyl (C=O) groups is 1. The Morgan fingerprint density at radius 2 is 1.90 bits per heavy atom. The molecular formula is C22H20BrN5O2. The van der Waals surface area contributed by atoms with Gasteiger partial charge >= 0.3 is 0 Å². The number of hydrogen-bond donors (Lipinski definition) is 1. The quantitative estimate of drug-likeness (QED) is 0.482. The van der Waals surface area contributed by atoms with Crippen molar-refractivity contribution < 1.29 is 4.79 Å². The first-order valence-electron chi connectivity index (χ1n) is 9.48. The average Bonchev–Trinajstić information content (AvgIpc) is 3.15. The first kappa shape index (κ1) is 20.0. The Bertz CT molecular complexity index is 1290. The van der Waals surface area contributed by atoms with E-state index in [-0.39, 0.29) is 24.4 Å². The molecule has 0 bridgehead atoms. The first-order chi connectivity index (χ1) is 14.4. The van der Waals surface area contributed by atoms with Crippen molar-refractivity contribution in [2.24, 2.45) is 0 Å². The molecule has 0 fully saturated rings. The summed E-state index contributed by atoms with van der Waals surface area (Å²) in [5.41, 5.74) is 3.97. The summed E-state index contributed by atoms with van der Waals surface area (Å²) in [6.07, 6.45) is 3.15. The molecule has 2 aromatic carbocycles. The van der Waals surface area contributed by atoms with Crippen LogP contribution in [0.5, 0.6) is 0 Å². The second kappa shape index (κ2) is 8.23. The fourth-order valence-electron chi connectivity index (χ4n) is 3.18. The Kier molecular flexibility index (Phi) is 5.50. The third kappa shape index (κ3) is 4.04. The minimum absolute atomic E-state index is 0.161. The highest BCUT2D eigenvalue weighted by molar-refractivity contribution is 9.10. The Morgan fingerprint density at radius 1 is 1.13 bits per heavy atom. The summed E-state index contributed by atoms with van der Waals surface area (Å²) in [4.78, 5) is 29.6. The van der Waals surface area contributed by atoms with Crippen LogP contribution in [0.4, 0.5) is 5.69 Å². The SMILES string of the molecule is Cc1ccc(-n2ncc3c(=O)n(CCC(=O)Nc4ccc(Br)cc4C)cnc32)cc1. The Hall–Kier alpha value is -3.26. The van der Waals surface area contributed by atoms with E-state index in [0.29, 0.717) is 11.0 Å². The topological polar surface area (TPSA) is 81.8 Å². The van der Waals surface area contributed by atoms with Gasteiger partial charge in [0.2, 0.25) is 5.91 Å². The number of rotatable bonds is 5. The van der Waals surface area contributed by atoms with Crippen LogP contribution >= 0.6 is 15.9 Å². The molecule has 0 saturated heterocycles. The average molecular weight is 466 g/mol. The van der Waals surface area contributed by atoms with E-state index in [1.54, 1.807) is 4.68 Å². The highest BCUT2D eigenvalue weighted by Crippen LogP contribution is 2.20. The zero-order valence-corrected chi connectivity index (χ0v) is 18.2. The molecule has 0 aliphatic rings. The van der Waals surface area contributed by atoms with Gasteiger partial charge in [0.1, 0.15) is 5.39 Å². The summed E-state index contributed by atoms with van der Waals surface area (Å²) in [5.74, 6) is -0.164. The smallest absolute Gasteiger partial charge is 0.264 e. The second-order valence-electron chi connectivity index (χ2n) is 7.13. The van der Waals surface area contributed by atoms with Crippen LogP contribution in [0.3, 0.4) is 0 Å². The molecule has 0 radical (unpaired) electrons. The molecule has 8 heteroatoms. The number of benzene rings is 2. The third-order valence-corrected chi connectivity index (χ3v) is 5.37. The van der Waals surface area contributed by atoms with E-state index in [1.165, 1.54) is 17.1 Å². The number of hydrogen-bond acceptors (Lipinski definition) is 4. The van der Waals surface area contributed by atoms with Crippen LogP contribution in [-0.4, -0.2) is 25.2 Å². The fourth-order valence-corrected chi connectivity index (χ4v) is 3.66. The molecule has 152 valence electrons. The number of aryl methyl sites for hydroxylation is 3. The number of carbonyl (C=O) groups excluding carboxylic acids is 1. The lowest BCUT2D eigenvalue weighted by Crippen LogP contribution is -2.23. The number of amides is 1. The van der Waals surface area contributed by atoms with Crippen molar-refractivity contribution in [3.8, 4) is 5.69 Å². The van der Waals surface area contributed by atoms with Crippen LogP contribution in [0.1, 0.15) is 17.5 Å². The van der Waals surface area contributed by atoms with Crippen LogP contribution in [0.15, 0.2) is 64.3 Å². The van der Waals surface area contributed by atoms with Gasteiger partial charge in [-0.3, -0.25) is 14.2 Å². The molecule has 1 N–H and O–H groups in total. The number of aromatic nitrogens is 4. The molecule has 0 unspecified atom stereocenters. The van der Waals surface area contributed by atoms with Gasteiger partial charge in [0, 0.05) is 23.1 Å². The Labute approximate surface area is 181 Å². The summed E-state index contributed by atoms with van der Waals surface area (Å²) in [6.45, 7) is 4.17. The molecule has 2 aromatic heterocycles. The highest BCUT2D eigenvalue weighted by Gasteiger charge is 2.12. The lowest BCUT2D eigenvalue weighted by Gasteiger charge is -2.10. The molecule has 0 spiro atoms. The summed E-state index contributed by atoms with van der Waals surface area (Å²) in [7, 11) is 0. The molecule has 2 heterocycles. The Balaban J connectivity index is 1.51. The van der Waals surface area contributed by atoms with E-state index in [0.717, 1.165) is 27.0 Å². The fraction of sp³-hybridized carbons (Fsp3) is 0.182. The van der Waals surface area contributed by atoms with E-state index < -0.39 is 0 Å². The van der Waals surface area contributed by atoms with Gasteiger partial charge < -0.3 is 5.32 Å². The van der Waals surface area contributed by atoms with Gasteiger partial charge in [-0.25, -0.2) is 9.67 Å². The van der Waals surface area contributed by atoms with Crippen LogP contribution in [0.2, 0.25) is 0 Å². The number of halogens is 1. The van der Waals surface area contributed by atoms with E-state index in [2.05, 4.69) is 31.3 Å².